The number of rotatable bonds is 5. The summed E-state index contributed by atoms with van der Waals surface area (Å²) in [6.45, 7) is 0. The molecular formula is C21H17ClNO4PS-2. The molecule has 0 saturated carbocycles. The summed E-state index contributed by atoms with van der Waals surface area (Å²) >= 11 is 7.15. The molecule has 0 spiro atoms. The number of phosphoric acid groups is 1. The van der Waals surface area contributed by atoms with Gasteiger partial charge in [0.1, 0.15) is 5.44 Å². The molecule has 0 amide bonds. The van der Waals surface area contributed by atoms with Crippen LogP contribution in [0.1, 0.15) is 17.0 Å². The van der Waals surface area contributed by atoms with Crippen LogP contribution in [0.15, 0.2) is 77.7 Å². The molecule has 1 atom stereocenters. The topological polar surface area (TPSA) is 75.7 Å². The van der Waals surface area contributed by atoms with Crippen molar-refractivity contribution in [3.05, 3.63) is 88.9 Å². The largest absolute Gasteiger partial charge is 0.790 e. The number of nitrogens with zero attached hydrogens (tertiary/aromatic N) is 1. The summed E-state index contributed by atoms with van der Waals surface area (Å²) in [4.78, 5) is 26.1. The fourth-order valence-electron chi connectivity index (χ4n) is 3.63. The first-order valence-corrected chi connectivity index (χ1v) is 11.6. The Hall–Kier alpha value is -1.79. The molecule has 1 heterocycles. The molecule has 29 heavy (non-hydrogen) atoms. The molecule has 1 unspecified atom stereocenters. The molecule has 4 rings (SSSR count). The van der Waals surface area contributed by atoms with E-state index in [1.54, 1.807) is 24.3 Å². The van der Waals surface area contributed by atoms with Crippen LogP contribution in [0.5, 0.6) is 0 Å². The number of hydrogen-bond acceptors (Lipinski definition) is 6. The van der Waals surface area contributed by atoms with E-state index in [1.165, 1.54) is 11.8 Å². The molecule has 0 saturated heterocycles. The first-order chi connectivity index (χ1) is 13.8. The second kappa shape index (κ2) is 8.15. The van der Waals surface area contributed by atoms with Gasteiger partial charge in [-0.05, 0) is 47.5 Å². The number of thioether (sulfide) groups is 1. The van der Waals surface area contributed by atoms with Crippen LogP contribution in [0.2, 0.25) is 5.02 Å². The van der Waals surface area contributed by atoms with E-state index in [0.29, 0.717) is 5.02 Å². The van der Waals surface area contributed by atoms with Gasteiger partial charge in [-0.1, -0.05) is 59.8 Å². The highest BCUT2D eigenvalue weighted by molar-refractivity contribution is 8.00. The molecule has 1 aliphatic heterocycles. The van der Waals surface area contributed by atoms with Crippen LogP contribution in [0.25, 0.3) is 0 Å². The van der Waals surface area contributed by atoms with Crippen LogP contribution in [0.3, 0.4) is 0 Å². The van der Waals surface area contributed by atoms with Crippen LogP contribution in [0.4, 0.5) is 11.4 Å². The van der Waals surface area contributed by atoms with Crippen molar-refractivity contribution in [3.8, 4) is 0 Å². The Balaban J connectivity index is 1.84. The van der Waals surface area contributed by atoms with E-state index in [4.69, 9.17) is 16.1 Å². The minimum absolute atomic E-state index is 0.449. The van der Waals surface area contributed by atoms with Crippen molar-refractivity contribution in [1.29, 1.82) is 0 Å². The molecule has 0 fully saturated rings. The van der Waals surface area contributed by atoms with Gasteiger partial charge < -0.3 is 23.8 Å². The number of halogens is 1. The summed E-state index contributed by atoms with van der Waals surface area (Å²) < 4.78 is 16.7. The van der Waals surface area contributed by atoms with Crippen molar-refractivity contribution in [2.75, 3.05) is 11.9 Å². The van der Waals surface area contributed by atoms with Crippen LogP contribution >= 0.6 is 31.2 Å². The van der Waals surface area contributed by atoms with Crippen LogP contribution < -0.4 is 14.7 Å². The number of para-hydroxylation sites is 2. The van der Waals surface area contributed by atoms with Crippen LogP contribution in [-0.4, -0.2) is 12.5 Å². The zero-order valence-electron chi connectivity index (χ0n) is 15.4. The average molecular weight is 446 g/mol. The molecule has 150 valence electrons. The number of anilines is 2. The monoisotopic (exact) mass is 445 g/mol. The average Bonchev–Trinajstić information content (AvgIpc) is 2.69. The van der Waals surface area contributed by atoms with Crippen molar-refractivity contribution in [2.24, 2.45) is 0 Å². The van der Waals surface area contributed by atoms with Gasteiger partial charge in [-0.2, -0.15) is 0 Å². The molecule has 3 aromatic rings. The maximum absolute atomic E-state index is 11.6. The standard InChI is InChI=1S/C21H19ClNO4PS/c1-23-18-8-4-2-6-16(18)20(17-7-3-5-9-19(17)23)21(27-28(24,25)26)29-15-12-10-14(22)11-13-15/h2-13,20-21H,1H3,(H2,24,25,26)/p-2. The molecule has 8 heteroatoms. The maximum atomic E-state index is 11.6. The Morgan fingerprint density at radius 1 is 0.966 bits per heavy atom. The van der Waals surface area contributed by atoms with Gasteiger partial charge in [0.25, 0.3) is 0 Å². The summed E-state index contributed by atoms with van der Waals surface area (Å²) in [5, 5.41) is 0.570. The second-order valence-corrected chi connectivity index (χ2v) is 9.36. The van der Waals surface area contributed by atoms with Gasteiger partial charge in [0, 0.05) is 34.3 Å². The van der Waals surface area contributed by atoms with E-state index in [0.717, 1.165) is 27.4 Å². The zero-order chi connectivity index (χ0) is 20.6. The van der Waals surface area contributed by atoms with E-state index < -0.39 is 19.2 Å². The third kappa shape index (κ3) is 4.38. The van der Waals surface area contributed by atoms with Crippen molar-refractivity contribution in [2.45, 2.75) is 16.2 Å². The lowest BCUT2D eigenvalue weighted by atomic mass is 9.85. The molecule has 1 aliphatic rings. The lowest BCUT2D eigenvalue weighted by Gasteiger charge is -2.41. The normalized spacial score (nSPS) is 15.0. The number of hydrogen-bond donors (Lipinski definition) is 0. The Kier molecular flexibility index (Phi) is 5.76. The van der Waals surface area contributed by atoms with Gasteiger partial charge in [-0.3, -0.25) is 0 Å². The van der Waals surface area contributed by atoms with Gasteiger partial charge in [0.15, 0.2) is 0 Å². The SMILES string of the molecule is CN1c2ccccc2C(C(OP(=O)([O-])[O-])Sc2ccc(Cl)cc2)c2ccccc21. The Morgan fingerprint density at radius 2 is 1.48 bits per heavy atom. The molecular weight excluding hydrogens is 429 g/mol. The Bertz CT molecular complexity index is 1020. The van der Waals surface area contributed by atoms with Crippen molar-refractivity contribution >= 4 is 42.6 Å². The quantitative estimate of drug-likeness (QED) is 0.326. The predicted octanol–water partition coefficient (Wildman–Crippen LogP) is 4.52. The number of benzene rings is 3. The molecule has 0 aliphatic carbocycles. The third-order valence-corrected chi connectivity index (χ3v) is 6.86. The molecule has 0 aromatic heterocycles. The summed E-state index contributed by atoms with van der Waals surface area (Å²) in [6.07, 6.45) is 0. The highest BCUT2D eigenvalue weighted by Gasteiger charge is 2.35. The second-order valence-electron chi connectivity index (χ2n) is 6.65. The Morgan fingerprint density at radius 3 is 2.00 bits per heavy atom. The van der Waals surface area contributed by atoms with Gasteiger partial charge in [0.2, 0.25) is 0 Å². The fraction of sp³-hybridized carbons (Fsp3) is 0.143. The van der Waals surface area contributed by atoms with Crippen molar-refractivity contribution in [3.63, 3.8) is 0 Å². The van der Waals surface area contributed by atoms with Crippen LogP contribution in [-0.2, 0) is 9.09 Å². The van der Waals surface area contributed by atoms with E-state index in [1.807, 2.05) is 55.6 Å². The predicted molar refractivity (Wildman–Crippen MR) is 113 cm³/mol. The number of fused-ring (bicyclic) bond motifs is 2. The molecule has 3 aromatic carbocycles. The summed E-state index contributed by atoms with van der Waals surface area (Å²) in [6, 6.07) is 22.4. The Labute approximate surface area is 178 Å². The number of phosphoric ester groups is 1. The first kappa shape index (κ1) is 20.5. The van der Waals surface area contributed by atoms with E-state index in [2.05, 4.69) is 4.90 Å². The van der Waals surface area contributed by atoms with Crippen molar-refractivity contribution < 1.29 is 18.9 Å². The van der Waals surface area contributed by atoms with Crippen molar-refractivity contribution in [1.82, 2.24) is 0 Å². The fourth-order valence-corrected chi connectivity index (χ4v) is 5.61. The molecule has 0 N–H and O–H groups in total. The smallest absolute Gasteiger partial charge is 0.123 e. The molecule has 5 nitrogen and oxygen atoms in total. The highest BCUT2D eigenvalue weighted by Crippen LogP contribution is 2.52. The lowest BCUT2D eigenvalue weighted by molar-refractivity contribution is -0.342. The van der Waals surface area contributed by atoms with E-state index in [9.17, 15) is 14.4 Å². The third-order valence-electron chi connectivity index (χ3n) is 4.84. The minimum atomic E-state index is -5.23. The van der Waals surface area contributed by atoms with Gasteiger partial charge in [0.05, 0.1) is 7.82 Å². The van der Waals surface area contributed by atoms with E-state index in [-0.39, 0.29) is 0 Å². The van der Waals surface area contributed by atoms with E-state index >= 15 is 0 Å². The summed E-state index contributed by atoms with van der Waals surface area (Å²) in [5.74, 6) is -0.449. The first-order valence-electron chi connectivity index (χ1n) is 8.88. The minimum Gasteiger partial charge on any atom is -0.790 e. The zero-order valence-corrected chi connectivity index (χ0v) is 17.9. The van der Waals surface area contributed by atoms with Crippen LogP contribution in [0, 0.1) is 0 Å². The van der Waals surface area contributed by atoms with Gasteiger partial charge in [-0.25, -0.2) is 0 Å². The lowest BCUT2D eigenvalue weighted by Crippen LogP contribution is -2.30. The van der Waals surface area contributed by atoms with Gasteiger partial charge in [-0.15, -0.1) is 0 Å². The maximum Gasteiger partial charge on any atom is 0.123 e. The summed E-state index contributed by atoms with van der Waals surface area (Å²) in [5.41, 5.74) is 2.71. The van der Waals surface area contributed by atoms with Gasteiger partial charge >= 0.3 is 0 Å². The molecule has 0 radical (unpaired) electrons. The highest BCUT2D eigenvalue weighted by atomic mass is 35.5. The summed E-state index contributed by atoms with van der Waals surface area (Å²) in [7, 11) is -3.27. The molecule has 0 bridgehead atoms.